The summed E-state index contributed by atoms with van der Waals surface area (Å²) in [6.45, 7) is 3.60. The van der Waals surface area contributed by atoms with Crippen molar-refractivity contribution < 1.29 is 24.3 Å². The first kappa shape index (κ1) is 24.4. The van der Waals surface area contributed by atoms with E-state index >= 15 is 0 Å². The molecule has 2 amide bonds. The van der Waals surface area contributed by atoms with Gasteiger partial charge in [-0.05, 0) is 0 Å². The maximum atomic E-state index is 12.9. The van der Waals surface area contributed by atoms with Crippen LogP contribution in [0.3, 0.4) is 0 Å². The smallest absolute Gasteiger partial charge is 0.313 e. The number of aromatic nitrogens is 4. The summed E-state index contributed by atoms with van der Waals surface area (Å²) < 4.78 is 4.64. The van der Waals surface area contributed by atoms with Crippen LogP contribution < -0.4 is 11.1 Å². The van der Waals surface area contributed by atoms with E-state index in [2.05, 4.69) is 36.6 Å². The Morgan fingerprint density at radius 2 is 2.35 bits per heavy atom. The first-order valence-corrected chi connectivity index (χ1v) is 13.3. The normalized spacial score (nSPS) is 24.2. The molecule has 2 aliphatic heterocycles. The second-order valence-corrected chi connectivity index (χ2v) is 11.1. The number of nitrogens with zero attached hydrogens (tertiary/aromatic N) is 6. The van der Waals surface area contributed by atoms with E-state index in [1.807, 2.05) is 0 Å². The molecule has 4 rings (SSSR count). The third kappa shape index (κ3) is 4.86. The van der Waals surface area contributed by atoms with Crippen molar-refractivity contribution in [2.24, 2.45) is 10.6 Å². The minimum Gasteiger partial charge on any atom is -0.481 e. The van der Waals surface area contributed by atoms with Crippen molar-refractivity contribution in [3.05, 3.63) is 24.0 Å². The molecular weight excluding hydrogens is 525 g/mol. The van der Waals surface area contributed by atoms with Gasteiger partial charge in [-0.2, -0.15) is 9.36 Å². The van der Waals surface area contributed by atoms with Crippen molar-refractivity contribution in [3.63, 3.8) is 0 Å². The van der Waals surface area contributed by atoms with Gasteiger partial charge < -0.3 is 25.9 Å². The molecule has 180 valence electrons. The molecule has 2 saturated heterocycles. The van der Waals surface area contributed by atoms with Crippen LogP contribution in [0.1, 0.15) is 5.82 Å². The van der Waals surface area contributed by atoms with E-state index < -0.39 is 28.7 Å². The molecule has 34 heavy (non-hydrogen) atoms. The quantitative estimate of drug-likeness (QED) is 0.0922. The van der Waals surface area contributed by atoms with E-state index in [-0.39, 0.29) is 47.2 Å². The van der Waals surface area contributed by atoms with Gasteiger partial charge in [-0.3, -0.25) is 14.4 Å². The summed E-state index contributed by atoms with van der Waals surface area (Å²) in [6, 6.07) is -0.847. The summed E-state index contributed by atoms with van der Waals surface area (Å²) in [4.78, 5) is 48.3. The lowest BCUT2D eigenvalue weighted by molar-refractivity contribution is -0.157. The molecule has 13 nitrogen and oxygen atoms in total. The van der Waals surface area contributed by atoms with Gasteiger partial charge in [0.25, 0.3) is 5.91 Å². The van der Waals surface area contributed by atoms with Crippen LogP contribution in [-0.2, 0) is 19.2 Å². The Hall–Kier alpha value is -2.76. The molecule has 17 heteroatoms. The fourth-order valence-electron chi connectivity index (χ4n) is 3.21. The SMILES string of the molecule is C=CCON=C(C(=O)NC1C(=O)N2CC(CSc3nncs3)(C(=O)O)CS[C@H]12)c1nsc(N)n1. The van der Waals surface area contributed by atoms with Crippen molar-refractivity contribution in [2.45, 2.75) is 15.8 Å². The summed E-state index contributed by atoms with van der Waals surface area (Å²) in [5.41, 5.74) is 5.81. The monoisotopic (exact) mass is 542 g/mol. The Morgan fingerprint density at radius 1 is 1.53 bits per heavy atom. The number of carboxylic acids is 1. The third-order valence-electron chi connectivity index (χ3n) is 4.91. The number of hydrogen-bond donors (Lipinski definition) is 3. The first-order chi connectivity index (χ1) is 16.3. The van der Waals surface area contributed by atoms with Gasteiger partial charge >= 0.3 is 5.97 Å². The van der Waals surface area contributed by atoms with Gasteiger partial charge in [0.05, 0.1) is 0 Å². The van der Waals surface area contributed by atoms with Gasteiger partial charge in [0.2, 0.25) is 17.4 Å². The number of anilines is 1. The predicted octanol–water partition coefficient (Wildman–Crippen LogP) is 0.142. The summed E-state index contributed by atoms with van der Waals surface area (Å²) in [7, 11) is 0. The highest BCUT2D eigenvalue weighted by Crippen LogP contribution is 2.44. The Morgan fingerprint density at radius 3 is 3.00 bits per heavy atom. The van der Waals surface area contributed by atoms with E-state index in [1.54, 1.807) is 5.51 Å². The standard InChI is InChI=1S/C17H18N8O5S4/c1-2-3-30-23-8(10-21-15(18)34-24-10)11(26)20-9-12(27)25-4-17(14(28)29,5-31-13(9)25)6-32-16-22-19-7-33-16/h2,7,9,13H,1,3-6H2,(H,20,26)(H,28,29)(H2,18,21,24)/t9?,13-,17?/m1/s1. The van der Waals surface area contributed by atoms with Gasteiger partial charge in [0.1, 0.15) is 28.9 Å². The molecule has 4 heterocycles. The number of amides is 2. The van der Waals surface area contributed by atoms with Crippen LogP contribution in [-0.4, -0.2) is 89.1 Å². The van der Waals surface area contributed by atoms with Crippen molar-refractivity contribution in [1.29, 1.82) is 0 Å². The number of carboxylic acid groups (broad SMARTS) is 1. The van der Waals surface area contributed by atoms with Crippen LogP contribution in [0.25, 0.3) is 0 Å². The Kier molecular flexibility index (Phi) is 7.34. The fraction of sp³-hybridized carbons (Fsp3) is 0.412. The molecule has 2 unspecified atom stereocenters. The van der Waals surface area contributed by atoms with Crippen LogP contribution >= 0.6 is 46.4 Å². The zero-order valence-corrected chi connectivity index (χ0v) is 20.6. The van der Waals surface area contributed by atoms with Crippen LogP contribution in [0.15, 0.2) is 27.7 Å². The Labute approximate surface area is 209 Å². The second-order valence-electron chi connectivity index (χ2n) is 7.18. The van der Waals surface area contributed by atoms with E-state index in [1.165, 1.54) is 45.8 Å². The summed E-state index contributed by atoms with van der Waals surface area (Å²) >= 11 is 4.81. The minimum absolute atomic E-state index is 0.0254. The molecule has 2 fully saturated rings. The summed E-state index contributed by atoms with van der Waals surface area (Å²) in [6.07, 6.45) is 1.45. The third-order valence-corrected chi connectivity index (χ3v) is 9.19. The van der Waals surface area contributed by atoms with Crippen molar-refractivity contribution in [3.8, 4) is 0 Å². The summed E-state index contributed by atoms with van der Waals surface area (Å²) in [5.74, 6) is -1.59. The molecule has 4 N–H and O–H groups in total. The fourth-order valence-corrected chi connectivity index (χ4v) is 6.99. The first-order valence-electron chi connectivity index (χ1n) is 9.60. The van der Waals surface area contributed by atoms with Gasteiger partial charge in [0, 0.05) is 29.6 Å². The Bertz CT molecular complexity index is 1130. The molecule has 2 aliphatic rings. The number of carbonyl (C=O) groups is 3. The van der Waals surface area contributed by atoms with Gasteiger partial charge in [-0.1, -0.05) is 40.9 Å². The molecule has 0 aromatic carbocycles. The van der Waals surface area contributed by atoms with E-state index in [4.69, 9.17) is 10.6 Å². The number of thioether (sulfide) groups is 2. The lowest BCUT2D eigenvalue weighted by Gasteiger charge is -2.53. The zero-order valence-electron chi connectivity index (χ0n) is 17.3. The predicted molar refractivity (Wildman–Crippen MR) is 128 cm³/mol. The number of carbonyl (C=O) groups excluding carboxylic acids is 2. The molecule has 0 radical (unpaired) electrons. The number of oxime groups is 1. The largest absolute Gasteiger partial charge is 0.481 e. The average molecular weight is 543 g/mol. The van der Waals surface area contributed by atoms with Gasteiger partial charge in [-0.15, -0.1) is 22.0 Å². The maximum Gasteiger partial charge on any atom is 0.313 e. The number of hydrogen-bond acceptors (Lipinski definition) is 14. The van der Waals surface area contributed by atoms with Crippen LogP contribution in [0.5, 0.6) is 0 Å². The van der Waals surface area contributed by atoms with Crippen LogP contribution in [0, 0.1) is 5.41 Å². The highest BCUT2D eigenvalue weighted by atomic mass is 32.2. The summed E-state index contributed by atoms with van der Waals surface area (Å²) in [5, 5.41) is 23.7. The lowest BCUT2D eigenvalue weighted by atomic mass is 9.89. The number of nitrogens with one attached hydrogen (secondary N) is 1. The average Bonchev–Trinajstić information content (AvgIpc) is 3.50. The molecule has 0 aliphatic carbocycles. The maximum absolute atomic E-state index is 12.9. The molecule has 2 aromatic rings. The van der Waals surface area contributed by atoms with E-state index in [0.717, 1.165) is 11.5 Å². The lowest BCUT2D eigenvalue weighted by Crippen LogP contribution is -2.74. The number of β-lactam (4-membered cyclic amide) rings is 1. The highest BCUT2D eigenvalue weighted by Gasteiger charge is 2.57. The topological polar surface area (TPSA) is 186 Å². The highest BCUT2D eigenvalue weighted by molar-refractivity contribution is 8.01. The Balaban J connectivity index is 1.43. The van der Waals surface area contributed by atoms with E-state index in [9.17, 15) is 19.5 Å². The second kappa shape index (κ2) is 10.2. The number of nitrogens with two attached hydrogens (primary N) is 1. The number of aliphatic carboxylic acids is 1. The molecule has 0 saturated carbocycles. The van der Waals surface area contributed by atoms with Gasteiger partial charge in [0.15, 0.2) is 9.47 Å². The zero-order chi connectivity index (χ0) is 24.3. The molecule has 2 aromatic heterocycles. The van der Waals surface area contributed by atoms with Gasteiger partial charge in [-0.25, -0.2) is 0 Å². The van der Waals surface area contributed by atoms with Crippen LogP contribution in [0.4, 0.5) is 5.13 Å². The number of rotatable bonds is 10. The van der Waals surface area contributed by atoms with Crippen molar-refractivity contribution in [1.82, 2.24) is 29.8 Å². The van der Waals surface area contributed by atoms with Crippen molar-refractivity contribution >= 4 is 75.0 Å². The van der Waals surface area contributed by atoms with Crippen LogP contribution in [0.2, 0.25) is 0 Å². The molecule has 3 atom stereocenters. The number of fused-ring (bicyclic) bond motifs is 1. The van der Waals surface area contributed by atoms with E-state index in [0.29, 0.717) is 4.34 Å². The molecular formula is C17H18N8O5S4. The molecule has 0 spiro atoms. The number of nitrogen functional groups attached to an aromatic ring is 1. The van der Waals surface area contributed by atoms with Crippen molar-refractivity contribution in [2.75, 3.05) is 30.4 Å². The minimum atomic E-state index is -1.14. The molecule has 0 bridgehead atoms.